The molecule has 4 nitrogen and oxygen atoms in total. The molecule has 1 aromatic heterocycles. The molecular formula is C15H16Cl2N2O2. The molecule has 1 atom stereocenters. The first kappa shape index (κ1) is 15.9. The predicted molar refractivity (Wildman–Crippen MR) is 83.4 cm³/mol. The summed E-state index contributed by atoms with van der Waals surface area (Å²) in [5, 5.41) is 7.06. The van der Waals surface area contributed by atoms with Crippen LogP contribution in [0.15, 0.2) is 41.0 Å². The lowest BCUT2D eigenvalue weighted by Crippen LogP contribution is -2.34. The van der Waals surface area contributed by atoms with Crippen LogP contribution in [0.1, 0.15) is 24.3 Å². The molecule has 112 valence electrons. The Balaban J connectivity index is 1.80. The third-order valence-electron chi connectivity index (χ3n) is 3.04. The highest BCUT2D eigenvalue weighted by Crippen LogP contribution is 2.25. The lowest BCUT2D eigenvalue weighted by Gasteiger charge is -2.15. The molecule has 1 heterocycles. The van der Waals surface area contributed by atoms with Crippen LogP contribution < -0.4 is 10.6 Å². The van der Waals surface area contributed by atoms with Crippen LogP contribution in [0.5, 0.6) is 0 Å². The largest absolute Gasteiger partial charge is 0.467 e. The maximum atomic E-state index is 11.7. The Bertz CT molecular complexity index is 600. The van der Waals surface area contributed by atoms with Crippen LogP contribution >= 0.6 is 23.2 Å². The van der Waals surface area contributed by atoms with E-state index in [1.165, 1.54) is 0 Å². The van der Waals surface area contributed by atoms with E-state index in [4.69, 9.17) is 27.6 Å². The first-order valence-corrected chi connectivity index (χ1v) is 7.29. The quantitative estimate of drug-likeness (QED) is 0.853. The molecule has 0 saturated heterocycles. The van der Waals surface area contributed by atoms with E-state index in [-0.39, 0.29) is 18.5 Å². The van der Waals surface area contributed by atoms with Crippen LogP contribution in [-0.2, 0) is 11.3 Å². The zero-order valence-corrected chi connectivity index (χ0v) is 13.0. The molecular weight excluding hydrogens is 311 g/mol. The van der Waals surface area contributed by atoms with Gasteiger partial charge in [-0.3, -0.25) is 4.79 Å². The summed E-state index contributed by atoms with van der Waals surface area (Å²) >= 11 is 12.0. The summed E-state index contributed by atoms with van der Waals surface area (Å²) in [6.07, 6.45) is 1.57. The van der Waals surface area contributed by atoms with E-state index in [0.29, 0.717) is 16.6 Å². The second kappa shape index (κ2) is 7.50. The number of halogens is 2. The summed E-state index contributed by atoms with van der Waals surface area (Å²) in [5.74, 6) is 0.612. The maximum absolute atomic E-state index is 11.7. The zero-order chi connectivity index (χ0) is 15.2. The van der Waals surface area contributed by atoms with Gasteiger partial charge in [-0.2, -0.15) is 0 Å². The average Bonchev–Trinajstić information content (AvgIpc) is 2.95. The van der Waals surface area contributed by atoms with Crippen LogP contribution in [0.2, 0.25) is 10.0 Å². The number of benzene rings is 1. The molecule has 21 heavy (non-hydrogen) atoms. The van der Waals surface area contributed by atoms with Crippen molar-refractivity contribution < 1.29 is 9.21 Å². The third kappa shape index (κ3) is 4.77. The molecule has 0 fully saturated rings. The molecule has 0 aliphatic rings. The van der Waals surface area contributed by atoms with Crippen molar-refractivity contribution in [2.24, 2.45) is 0 Å². The summed E-state index contributed by atoms with van der Waals surface area (Å²) < 4.78 is 5.14. The number of hydrogen-bond donors (Lipinski definition) is 2. The van der Waals surface area contributed by atoms with Gasteiger partial charge in [-0.1, -0.05) is 29.3 Å². The van der Waals surface area contributed by atoms with Gasteiger partial charge in [0.05, 0.1) is 19.4 Å². The lowest BCUT2D eigenvalue weighted by molar-refractivity contribution is -0.120. The van der Waals surface area contributed by atoms with Crippen molar-refractivity contribution in [1.82, 2.24) is 10.6 Å². The Morgan fingerprint density at radius 2 is 2.14 bits per heavy atom. The number of rotatable bonds is 6. The average molecular weight is 327 g/mol. The highest BCUT2D eigenvalue weighted by atomic mass is 35.5. The van der Waals surface area contributed by atoms with Crippen molar-refractivity contribution in [2.75, 3.05) is 6.54 Å². The van der Waals surface area contributed by atoms with Gasteiger partial charge in [0.15, 0.2) is 0 Å². The standard InChI is InChI=1S/C15H16Cl2N2O2/c1-10(13-5-4-11(16)7-14(13)17)18-9-15(20)19-8-12-3-2-6-21-12/h2-7,10,18H,8-9H2,1H3,(H,19,20)/t10-/m1/s1. The minimum Gasteiger partial charge on any atom is -0.467 e. The van der Waals surface area contributed by atoms with Gasteiger partial charge in [0.2, 0.25) is 5.91 Å². The molecule has 0 bridgehead atoms. The normalized spacial score (nSPS) is 12.1. The number of carbonyl (C=O) groups excluding carboxylic acids is 1. The van der Waals surface area contributed by atoms with E-state index in [1.54, 1.807) is 24.5 Å². The van der Waals surface area contributed by atoms with Crippen LogP contribution in [-0.4, -0.2) is 12.5 Å². The van der Waals surface area contributed by atoms with E-state index < -0.39 is 0 Å². The SMILES string of the molecule is C[C@@H](NCC(=O)NCc1ccco1)c1ccc(Cl)cc1Cl. The Morgan fingerprint density at radius 1 is 1.33 bits per heavy atom. The topological polar surface area (TPSA) is 54.3 Å². The van der Waals surface area contributed by atoms with Crippen molar-refractivity contribution in [1.29, 1.82) is 0 Å². The smallest absolute Gasteiger partial charge is 0.234 e. The minimum atomic E-state index is -0.108. The van der Waals surface area contributed by atoms with Gasteiger partial charge >= 0.3 is 0 Å². The van der Waals surface area contributed by atoms with Crippen molar-refractivity contribution in [3.63, 3.8) is 0 Å². The summed E-state index contributed by atoms with van der Waals surface area (Å²) in [6, 6.07) is 8.85. The lowest BCUT2D eigenvalue weighted by atomic mass is 10.1. The molecule has 2 aromatic rings. The first-order valence-electron chi connectivity index (χ1n) is 6.53. The van der Waals surface area contributed by atoms with Crippen molar-refractivity contribution in [3.05, 3.63) is 58.0 Å². The number of carbonyl (C=O) groups is 1. The Labute approximate surface area is 133 Å². The van der Waals surface area contributed by atoms with Gasteiger partial charge in [-0.05, 0) is 36.8 Å². The van der Waals surface area contributed by atoms with Crippen LogP contribution in [0.25, 0.3) is 0 Å². The highest BCUT2D eigenvalue weighted by molar-refractivity contribution is 6.35. The van der Waals surface area contributed by atoms with Crippen molar-refractivity contribution >= 4 is 29.1 Å². The number of nitrogens with one attached hydrogen (secondary N) is 2. The van der Waals surface area contributed by atoms with Crippen LogP contribution in [0, 0.1) is 0 Å². The second-order valence-corrected chi connectivity index (χ2v) is 5.47. The minimum absolute atomic E-state index is 0.0517. The van der Waals surface area contributed by atoms with Gasteiger partial charge in [0, 0.05) is 16.1 Å². The van der Waals surface area contributed by atoms with Crippen LogP contribution in [0.4, 0.5) is 0 Å². The van der Waals surface area contributed by atoms with Gasteiger partial charge in [0.25, 0.3) is 0 Å². The number of furan rings is 1. The second-order valence-electron chi connectivity index (χ2n) is 4.62. The van der Waals surface area contributed by atoms with E-state index in [9.17, 15) is 4.79 Å². The Morgan fingerprint density at radius 3 is 2.81 bits per heavy atom. The molecule has 0 spiro atoms. The molecule has 1 aromatic carbocycles. The molecule has 2 N–H and O–H groups in total. The Kier molecular flexibility index (Phi) is 5.67. The third-order valence-corrected chi connectivity index (χ3v) is 3.60. The van der Waals surface area contributed by atoms with Gasteiger partial charge in [-0.15, -0.1) is 0 Å². The number of amides is 1. The fraction of sp³-hybridized carbons (Fsp3) is 0.267. The summed E-state index contributed by atoms with van der Waals surface area (Å²) in [6.45, 7) is 2.51. The predicted octanol–water partition coefficient (Wildman–Crippen LogP) is 3.55. The molecule has 0 aliphatic carbocycles. The van der Waals surface area contributed by atoms with Crippen molar-refractivity contribution in [2.45, 2.75) is 19.5 Å². The maximum Gasteiger partial charge on any atom is 0.234 e. The molecule has 6 heteroatoms. The first-order chi connectivity index (χ1) is 10.1. The molecule has 0 aliphatic heterocycles. The van der Waals surface area contributed by atoms with Gasteiger partial charge < -0.3 is 15.1 Å². The fourth-order valence-electron chi connectivity index (χ4n) is 1.87. The van der Waals surface area contributed by atoms with E-state index >= 15 is 0 Å². The summed E-state index contributed by atoms with van der Waals surface area (Å²) in [4.78, 5) is 11.7. The molecule has 0 saturated carbocycles. The van der Waals surface area contributed by atoms with E-state index in [1.807, 2.05) is 19.1 Å². The van der Waals surface area contributed by atoms with E-state index in [2.05, 4.69) is 10.6 Å². The Hall–Kier alpha value is -1.49. The van der Waals surface area contributed by atoms with Gasteiger partial charge in [-0.25, -0.2) is 0 Å². The zero-order valence-electron chi connectivity index (χ0n) is 11.5. The van der Waals surface area contributed by atoms with Crippen LogP contribution in [0.3, 0.4) is 0 Å². The fourth-order valence-corrected chi connectivity index (χ4v) is 2.44. The van der Waals surface area contributed by atoms with Crippen molar-refractivity contribution in [3.8, 4) is 0 Å². The number of hydrogen-bond acceptors (Lipinski definition) is 3. The van der Waals surface area contributed by atoms with E-state index in [0.717, 1.165) is 11.3 Å². The molecule has 0 radical (unpaired) electrons. The highest BCUT2D eigenvalue weighted by Gasteiger charge is 2.11. The monoisotopic (exact) mass is 326 g/mol. The molecule has 1 amide bonds. The van der Waals surface area contributed by atoms with Gasteiger partial charge in [0.1, 0.15) is 5.76 Å². The summed E-state index contributed by atoms with van der Waals surface area (Å²) in [5.41, 5.74) is 0.903. The molecule has 2 rings (SSSR count). The molecule has 0 unspecified atom stereocenters. The summed E-state index contributed by atoms with van der Waals surface area (Å²) in [7, 11) is 0.